The van der Waals surface area contributed by atoms with Crippen molar-refractivity contribution in [3.8, 4) is 0 Å². The van der Waals surface area contributed by atoms with Gasteiger partial charge in [0.1, 0.15) is 10.6 Å². The molecule has 0 bridgehead atoms. The lowest BCUT2D eigenvalue weighted by atomic mass is 10.1. The van der Waals surface area contributed by atoms with Gasteiger partial charge in [-0.3, -0.25) is 0 Å². The van der Waals surface area contributed by atoms with Crippen molar-refractivity contribution >= 4 is 33.3 Å². The molecule has 0 amide bonds. The van der Waals surface area contributed by atoms with Gasteiger partial charge in [0.05, 0.1) is 11.5 Å². The molecular weight excluding hydrogens is 284 g/mol. The highest BCUT2D eigenvalue weighted by molar-refractivity contribution is 7.18. The van der Waals surface area contributed by atoms with Gasteiger partial charge in [-0.25, -0.2) is 4.98 Å². The fourth-order valence-electron chi connectivity index (χ4n) is 2.90. The third-order valence-corrected chi connectivity index (χ3v) is 4.95. The molecule has 21 heavy (non-hydrogen) atoms. The van der Waals surface area contributed by atoms with Gasteiger partial charge < -0.3 is 15.7 Å². The third-order valence-electron chi connectivity index (χ3n) is 4.00. The molecule has 0 spiro atoms. The fourth-order valence-corrected chi connectivity index (χ4v) is 3.78. The van der Waals surface area contributed by atoms with Gasteiger partial charge in [0.25, 0.3) is 0 Å². The second kappa shape index (κ2) is 6.15. The zero-order valence-electron chi connectivity index (χ0n) is 12.5. The van der Waals surface area contributed by atoms with E-state index >= 15 is 0 Å². The zero-order valence-corrected chi connectivity index (χ0v) is 13.3. The van der Waals surface area contributed by atoms with Crippen molar-refractivity contribution in [3.63, 3.8) is 0 Å². The standard InChI is InChI=1S/C15H22N4OS/c1-3-16-15-18-13(11-7-9(2)21-14(11)19-15)17-8-10-5-4-6-12(10)20/h7,10,12,20H,3-6,8H2,1-2H3,(H2,16,17,18,19). The lowest BCUT2D eigenvalue weighted by Crippen LogP contribution is -2.22. The summed E-state index contributed by atoms with van der Waals surface area (Å²) in [6.07, 6.45) is 2.95. The summed E-state index contributed by atoms with van der Waals surface area (Å²) in [6.45, 7) is 5.70. The highest BCUT2D eigenvalue weighted by Gasteiger charge is 2.25. The second-order valence-electron chi connectivity index (χ2n) is 5.64. The predicted octanol–water partition coefficient (Wildman–Crippen LogP) is 3.00. The highest BCUT2D eigenvalue weighted by atomic mass is 32.1. The van der Waals surface area contributed by atoms with E-state index < -0.39 is 0 Å². The number of aliphatic hydroxyl groups excluding tert-OH is 1. The van der Waals surface area contributed by atoms with Gasteiger partial charge in [0.15, 0.2) is 0 Å². The first-order chi connectivity index (χ1) is 10.2. The SMILES string of the molecule is CCNc1nc(NCC2CCCC2O)c2cc(C)sc2n1. The summed E-state index contributed by atoms with van der Waals surface area (Å²) in [7, 11) is 0. The lowest BCUT2D eigenvalue weighted by molar-refractivity contribution is 0.138. The zero-order chi connectivity index (χ0) is 14.8. The fraction of sp³-hybridized carbons (Fsp3) is 0.600. The number of anilines is 2. The quantitative estimate of drug-likeness (QED) is 0.792. The van der Waals surface area contributed by atoms with Crippen LogP contribution in [0.5, 0.6) is 0 Å². The molecule has 114 valence electrons. The van der Waals surface area contributed by atoms with E-state index in [1.165, 1.54) is 4.88 Å². The van der Waals surface area contributed by atoms with E-state index in [0.717, 1.165) is 48.4 Å². The van der Waals surface area contributed by atoms with Gasteiger partial charge in [0.2, 0.25) is 5.95 Å². The first-order valence-electron chi connectivity index (χ1n) is 7.61. The van der Waals surface area contributed by atoms with E-state index in [9.17, 15) is 5.11 Å². The Bertz CT molecular complexity index is 627. The number of nitrogens with one attached hydrogen (secondary N) is 2. The predicted molar refractivity (Wildman–Crippen MR) is 88.2 cm³/mol. The van der Waals surface area contributed by atoms with Gasteiger partial charge in [-0.1, -0.05) is 6.42 Å². The number of hydrogen-bond donors (Lipinski definition) is 3. The molecule has 1 saturated carbocycles. The van der Waals surface area contributed by atoms with Crippen LogP contribution in [0.15, 0.2) is 6.07 Å². The molecule has 3 rings (SSSR count). The van der Waals surface area contributed by atoms with Crippen LogP contribution in [0.4, 0.5) is 11.8 Å². The third kappa shape index (κ3) is 3.11. The Morgan fingerprint density at radius 2 is 2.19 bits per heavy atom. The minimum absolute atomic E-state index is 0.174. The molecule has 0 aromatic carbocycles. The van der Waals surface area contributed by atoms with E-state index in [-0.39, 0.29) is 6.10 Å². The molecule has 3 N–H and O–H groups in total. The van der Waals surface area contributed by atoms with Gasteiger partial charge in [-0.2, -0.15) is 4.98 Å². The van der Waals surface area contributed by atoms with Crippen molar-refractivity contribution < 1.29 is 5.11 Å². The molecule has 2 heterocycles. The monoisotopic (exact) mass is 306 g/mol. The summed E-state index contributed by atoms with van der Waals surface area (Å²) in [4.78, 5) is 11.4. The smallest absolute Gasteiger partial charge is 0.226 e. The van der Waals surface area contributed by atoms with E-state index in [4.69, 9.17) is 0 Å². The molecule has 0 radical (unpaired) electrons. The van der Waals surface area contributed by atoms with Crippen LogP contribution in [-0.2, 0) is 0 Å². The molecule has 1 aliphatic rings. The summed E-state index contributed by atoms with van der Waals surface area (Å²) in [5.41, 5.74) is 0. The Labute approximate surface area is 128 Å². The average molecular weight is 306 g/mol. The van der Waals surface area contributed by atoms with Crippen LogP contribution in [0.2, 0.25) is 0 Å². The Morgan fingerprint density at radius 3 is 2.90 bits per heavy atom. The van der Waals surface area contributed by atoms with Crippen molar-refractivity contribution in [2.24, 2.45) is 5.92 Å². The van der Waals surface area contributed by atoms with Crippen molar-refractivity contribution in [2.45, 2.75) is 39.2 Å². The van der Waals surface area contributed by atoms with Gasteiger partial charge in [0, 0.05) is 23.9 Å². The van der Waals surface area contributed by atoms with E-state index in [1.54, 1.807) is 11.3 Å². The normalized spacial score (nSPS) is 21.9. The summed E-state index contributed by atoms with van der Waals surface area (Å²) in [5, 5.41) is 17.6. The summed E-state index contributed by atoms with van der Waals surface area (Å²) < 4.78 is 0. The van der Waals surface area contributed by atoms with Crippen LogP contribution in [-0.4, -0.2) is 34.3 Å². The van der Waals surface area contributed by atoms with E-state index in [2.05, 4.69) is 33.6 Å². The van der Waals surface area contributed by atoms with E-state index in [0.29, 0.717) is 11.9 Å². The second-order valence-corrected chi connectivity index (χ2v) is 6.88. The molecule has 0 saturated heterocycles. The van der Waals surface area contributed by atoms with Gasteiger partial charge >= 0.3 is 0 Å². The maximum absolute atomic E-state index is 9.94. The molecule has 2 aromatic rings. The number of aliphatic hydroxyl groups is 1. The van der Waals surface area contributed by atoms with Crippen molar-refractivity contribution in [2.75, 3.05) is 23.7 Å². The number of aromatic nitrogens is 2. The van der Waals surface area contributed by atoms with Crippen molar-refractivity contribution in [3.05, 3.63) is 10.9 Å². The number of thiophene rings is 1. The van der Waals surface area contributed by atoms with Crippen LogP contribution in [0.3, 0.4) is 0 Å². The Balaban J connectivity index is 1.84. The average Bonchev–Trinajstić information content (AvgIpc) is 3.01. The number of aryl methyl sites for hydroxylation is 1. The largest absolute Gasteiger partial charge is 0.393 e. The molecular formula is C15H22N4OS. The van der Waals surface area contributed by atoms with Crippen LogP contribution in [0.25, 0.3) is 10.2 Å². The number of fused-ring (bicyclic) bond motifs is 1. The Morgan fingerprint density at radius 1 is 1.33 bits per heavy atom. The summed E-state index contributed by atoms with van der Waals surface area (Å²) >= 11 is 1.68. The Kier molecular flexibility index (Phi) is 4.26. The minimum Gasteiger partial charge on any atom is -0.393 e. The van der Waals surface area contributed by atoms with Gasteiger partial charge in [-0.05, 0) is 32.8 Å². The number of hydrogen-bond acceptors (Lipinski definition) is 6. The molecule has 0 aliphatic heterocycles. The van der Waals surface area contributed by atoms with Crippen LogP contribution in [0.1, 0.15) is 31.1 Å². The molecule has 2 atom stereocenters. The number of nitrogens with zero attached hydrogens (tertiary/aromatic N) is 2. The summed E-state index contributed by atoms with van der Waals surface area (Å²) in [5.74, 6) is 1.87. The first kappa shape index (κ1) is 14.5. The topological polar surface area (TPSA) is 70.1 Å². The molecule has 2 aromatic heterocycles. The van der Waals surface area contributed by atoms with Gasteiger partial charge in [-0.15, -0.1) is 11.3 Å². The van der Waals surface area contributed by atoms with Crippen LogP contribution >= 0.6 is 11.3 Å². The number of rotatable bonds is 5. The van der Waals surface area contributed by atoms with Crippen molar-refractivity contribution in [1.29, 1.82) is 0 Å². The van der Waals surface area contributed by atoms with Crippen molar-refractivity contribution in [1.82, 2.24) is 9.97 Å². The van der Waals surface area contributed by atoms with Crippen LogP contribution in [0, 0.1) is 12.8 Å². The summed E-state index contributed by atoms with van der Waals surface area (Å²) in [6, 6.07) is 2.13. The minimum atomic E-state index is -0.174. The molecule has 6 heteroatoms. The van der Waals surface area contributed by atoms with E-state index in [1.807, 2.05) is 6.92 Å². The molecule has 2 unspecified atom stereocenters. The molecule has 1 fully saturated rings. The Hall–Kier alpha value is -1.40. The first-order valence-corrected chi connectivity index (χ1v) is 8.43. The maximum Gasteiger partial charge on any atom is 0.226 e. The molecule has 5 nitrogen and oxygen atoms in total. The lowest BCUT2D eigenvalue weighted by Gasteiger charge is -2.16. The highest BCUT2D eigenvalue weighted by Crippen LogP contribution is 2.31. The van der Waals surface area contributed by atoms with Crippen LogP contribution < -0.4 is 10.6 Å². The molecule has 1 aliphatic carbocycles. The maximum atomic E-state index is 9.94.